The highest BCUT2D eigenvalue weighted by molar-refractivity contribution is 6.03. The topological polar surface area (TPSA) is 74.2 Å². The van der Waals surface area contributed by atoms with Gasteiger partial charge in [0.2, 0.25) is 5.60 Å². The lowest BCUT2D eigenvalue weighted by atomic mass is 9.71. The molecule has 1 heterocycles. The minimum absolute atomic E-state index is 0.266. The van der Waals surface area contributed by atoms with Crippen LogP contribution in [-0.2, 0) is 19.1 Å². The molecular weight excluding hydrogens is 406 g/mol. The second-order valence-corrected chi connectivity index (χ2v) is 8.16. The van der Waals surface area contributed by atoms with Crippen molar-refractivity contribution >= 4 is 17.7 Å². The molecule has 0 fully saturated rings. The van der Waals surface area contributed by atoms with Crippen LogP contribution in [0.25, 0.3) is 11.1 Å². The Morgan fingerprint density at radius 1 is 1.00 bits per heavy atom. The van der Waals surface area contributed by atoms with E-state index in [9.17, 15) is 9.59 Å². The van der Waals surface area contributed by atoms with E-state index < -0.39 is 35.4 Å². The Labute approximate surface area is 189 Å². The first-order valence-corrected chi connectivity index (χ1v) is 11.0. The molecule has 0 saturated heterocycles. The number of carbonyl (C=O) groups excluding carboxylic acids is 2. The molecule has 0 N–H and O–H groups in total. The fraction of sp³-hybridized carbons (Fsp3) is 0.423. The van der Waals surface area contributed by atoms with E-state index in [0.29, 0.717) is 17.9 Å². The summed E-state index contributed by atoms with van der Waals surface area (Å²) in [7, 11) is 1.33. The number of nitrogens with zero attached hydrogens (tertiary/aromatic N) is 1. The molecule has 32 heavy (non-hydrogen) atoms. The molecule has 3 rings (SSSR count). The molecule has 1 aliphatic heterocycles. The zero-order valence-corrected chi connectivity index (χ0v) is 19.3. The molecule has 0 spiro atoms. The van der Waals surface area contributed by atoms with Crippen molar-refractivity contribution < 1.29 is 23.8 Å². The highest BCUT2D eigenvalue weighted by Crippen LogP contribution is 2.41. The first-order valence-electron chi connectivity index (χ1n) is 11.0. The predicted octanol–water partition coefficient (Wildman–Crippen LogP) is 4.71. The second kappa shape index (κ2) is 9.98. The highest BCUT2D eigenvalue weighted by Gasteiger charge is 2.59. The molecule has 4 unspecified atom stereocenters. The maximum absolute atomic E-state index is 13.4. The summed E-state index contributed by atoms with van der Waals surface area (Å²) < 4.78 is 17.0. The number of esters is 2. The molecule has 0 bridgehead atoms. The number of hydrogen-bond acceptors (Lipinski definition) is 6. The predicted molar refractivity (Wildman–Crippen MR) is 124 cm³/mol. The van der Waals surface area contributed by atoms with E-state index >= 15 is 0 Å². The third kappa shape index (κ3) is 4.40. The van der Waals surface area contributed by atoms with Crippen LogP contribution in [0, 0.1) is 11.8 Å². The molecule has 4 atom stereocenters. The monoisotopic (exact) mass is 437 g/mol. The van der Waals surface area contributed by atoms with Crippen molar-refractivity contribution in [2.75, 3.05) is 13.7 Å². The van der Waals surface area contributed by atoms with Gasteiger partial charge in [-0.1, -0.05) is 56.3 Å². The summed E-state index contributed by atoms with van der Waals surface area (Å²) in [6.45, 7) is 7.61. The Morgan fingerprint density at radius 2 is 1.62 bits per heavy atom. The van der Waals surface area contributed by atoms with Crippen molar-refractivity contribution in [1.82, 2.24) is 0 Å². The van der Waals surface area contributed by atoms with Gasteiger partial charge >= 0.3 is 11.9 Å². The number of methoxy groups -OCH3 is 1. The van der Waals surface area contributed by atoms with Gasteiger partial charge in [0.25, 0.3) is 0 Å². The van der Waals surface area contributed by atoms with Gasteiger partial charge in [0.05, 0.1) is 19.8 Å². The number of benzene rings is 2. The lowest BCUT2D eigenvalue weighted by Crippen LogP contribution is -2.64. The zero-order valence-electron chi connectivity index (χ0n) is 19.3. The lowest BCUT2D eigenvalue weighted by Gasteiger charge is -2.45. The van der Waals surface area contributed by atoms with Crippen LogP contribution < -0.4 is 4.74 Å². The summed E-state index contributed by atoms with van der Waals surface area (Å²) in [5, 5.41) is 0. The van der Waals surface area contributed by atoms with Crippen molar-refractivity contribution in [1.29, 1.82) is 0 Å². The molecule has 0 aliphatic carbocycles. The van der Waals surface area contributed by atoms with Gasteiger partial charge in [-0.05, 0) is 43.5 Å². The minimum Gasteiger partial charge on any atom is -0.473 e. The summed E-state index contributed by atoms with van der Waals surface area (Å²) in [4.78, 5) is 30.6. The van der Waals surface area contributed by atoms with E-state index in [1.807, 2.05) is 75.4 Å². The Morgan fingerprint density at radius 3 is 2.22 bits per heavy atom. The van der Waals surface area contributed by atoms with Crippen LogP contribution in [0.1, 0.15) is 34.1 Å². The number of carbonyl (C=O) groups is 2. The molecule has 0 aromatic heterocycles. The van der Waals surface area contributed by atoms with Gasteiger partial charge < -0.3 is 14.2 Å². The summed E-state index contributed by atoms with van der Waals surface area (Å²) >= 11 is 0. The number of rotatable bonds is 7. The first-order chi connectivity index (χ1) is 15.3. The molecule has 0 saturated carbocycles. The molecular formula is C26H31NO5. The third-order valence-corrected chi connectivity index (χ3v) is 6.10. The lowest BCUT2D eigenvalue weighted by molar-refractivity contribution is -0.174. The Bertz CT molecular complexity index is 969. The average molecular weight is 438 g/mol. The number of aliphatic imine (C=N–C) groups is 1. The largest absolute Gasteiger partial charge is 0.473 e. The fourth-order valence-electron chi connectivity index (χ4n) is 4.40. The summed E-state index contributed by atoms with van der Waals surface area (Å²) in [5.41, 5.74) is 1.29. The van der Waals surface area contributed by atoms with Crippen LogP contribution in [0.5, 0.6) is 5.75 Å². The van der Waals surface area contributed by atoms with E-state index in [1.54, 1.807) is 6.92 Å². The molecule has 0 amide bonds. The first kappa shape index (κ1) is 23.5. The molecule has 1 aliphatic rings. The zero-order chi connectivity index (χ0) is 23.3. The van der Waals surface area contributed by atoms with Crippen LogP contribution in [-0.4, -0.2) is 43.0 Å². The SMILES string of the molecule is CCCOC(=O)C1(Oc2ccc(-c3ccccc3)cc2)C(C)N=C(C)C(C(=O)OC)C1C. The van der Waals surface area contributed by atoms with Crippen molar-refractivity contribution in [3.8, 4) is 16.9 Å². The summed E-state index contributed by atoms with van der Waals surface area (Å²) in [6.07, 6.45) is 0.680. The van der Waals surface area contributed by atoms with Gasteiger partial charge in [-0.2, -0.15) is 0 Å². The fourth-order valence-corrected chi connectivity index (χ4v) is 4.40. The van der Waals surface area contributed by atoms with Gasteiger partial charge in [-0.3, -0.25) is 9.79 Å². The molecule has 170 valence electrons. The van der Waals surface area contributed by atoms with E-state index in [-0.39, 0.29) is 6.61 Å². The van der Waals surface area contributed by atoms with Gasteiger partial charge in [0.15, 0.2) is 0 Å². The molecule has 6 heteroatoms. The molecule has 6 nitrogen and oxygen atoms in total. The van der Waals surface area contributed by atoms with E-state index in [0.717, 1.165) is 11.1 Å². The normalized spacial score (nSPS) is 24.9. The smallest absolute Gasteiger partial charge is 0.353 e. The Kier molecular flexibility index (Phi) is 7.33. The van der Waals surface area contributed by atoms with E-state index in [2.05, 4.69) is 4.99 Å². The second-order valence-electron chi connectivity index (χ2n) is 8.16. The Balaban J connectivity index is 2.00. The van der Waals surface area contributed by atoms with Crippen LogP contribution in [0.3, 0.4) is 0 Å². The van der Waals surface area contributed by atoms with Crippen LogP contribution in [0.15, 0.2) is 59.6 Å². The van der Waals surface area contributed by atoms with Gasteiger partial charge in [-0.25, -0.2) is 4.79 Å². The van der Waals surface area contributed by atoms with Crippen molar-refractivity contribution in [2.24, 2.45) is 16.8 Å². The quantitative estimate of drug-likeness (QED) is 0.587. The molecule has 2 aromatic rings. The third-order valence-electron chi connectivity index (χ3n) is 6.10. The van der Waals surface area contributed by atoms with Crippen LogP contribution >= 0.6 is 0 Å². The Hall–Kier alpha value is -3.15. The van der Waals surface area contributed by atoms with Crippen LogP contribution in [0.2, 0.25) is 0 Å². The van der Waals surface area contributed by atoms with Crippen molar-refractivity contribution in [3.05, 3.63) is 54.6 Å². The molecule has 0 radical (unpaired) electrons. The van der Waals surface area contributed by atoms with Crippen LogP contribution in [0.4, 0.5) is 0 Å². The van der Waals surface area contributed by atoms with E-state index in [1.165, 1.54) is 7.11 Å². The average Bonchev–Trinajstić information content (AvgIpc) is 2.80. The number of hydrogen-bond donors (Lipinski definition) is 0. The summed E-state index contributed by atoms with van der Waals surface area (Å²) in [5.74, 6) is -1.69. The molecule has 2 aromatic carbocycles. The minimum atomic E-state index is -1.46. The highest BCUT2D eigenvalue weighted by atomic mass is 16.6. The van der Waals surface area contributed by atoms with Gasteiger partial charge in [0.1, 0.15) is 11.7 Å². The standard InChI is InChI=1S/C26H31NO5/c1-6-16-31-25(29)26(17(2)23(24(28)30-5)18(3)27-19(26)4)32-22-14-12-21(13-15-22)20-10-8-7-9-11-20/h7-15,17,19,23H,6,16H2,1-5H3. The number of ether oxygens (including phenoxy) is 3. The summed E-state index contributed by atoms with van der Waals surface area (Å²) in [6, 6.07) is 17.0. The van der Waals surface area contributed by atoms with Gasteiger partial charge in [-0.15, -0.1) is 0 Å². The van der Waals surface area contributed by atoms with Crippen molar-refractivity contribution in [3.63, 3.8) is 0 Å². The maximum Gasteiger partial charge on any atom is 0.353 e. The van der Waals surface area contributed by atoms with Gasteiger partial charge in [0, 0.05) is 11.6 Å². The maximum atomic E-state index is 13.4. The van der Waals surface area contributed by atoms with E-state index in [4.69, 9.17) is 14.2 Å². The van der Waals surface area contributed by atoms with Crippen molar-refractivity contribution in [2.45, 2.75) is 45.8 Å².